The molecule has 2 aromatic carbocycles. The maximum atomic E-state index is 13.8. The number of nitrogens with zero attached hydrogens (tertiary/aromatic N) is 4. The lowest BCUT2D eigenvalue weighted by atomic mass is 10.1. The summed E-state index contributed by atoms with van der Waals surface area (Å²) in [6, 6.07) is 17.4. The van der Waals surface area contributed by atoms with Gasteiger partial charge in [0.2, 0.25) is 0 Å². The van der Waals surface area contributed by atoms with Crippen LogP contribution in [-0.4, -0.2) is 46.0 Å². The Morgan fingerprint density at radius 3 is 2.52 bits per heavy atom. The Bertz CT molecular complexity index is 1150. The molecule has 3 aromatic rings. The Labute approximate surface area is 197 Å². The Morgan fingerprint density at radius 2 is 1.76 bits per heavy atom. The number of anilines is 1. The van der Waals surface area contributed by atoms with E-state index in [0.29, 0.717) is 5.69 Å². The fourth-order valence-electron chi connectivity index (χ4n) is 5.30. The van der Waals surface area contributed by atoms with Gasteiger partial charge in [0.1, 0.15) is 11.5 Å². The van der Waals surface area contributed by atoms with E-state index in [4.69, 9.17) is 4.98 Å². The zero-order valence-corrected chi connectivity index (χ0v) is 20.1. The molecule has 0 aliphatic carbocycles. The Hall–Kier alpha value is -3.08. The van der Waals surface area contributed by atoms with Gasteiger partial charge in [-0.1, -0.05) is 48.4 Å². The van der Waals surface area contributed by atoms with E-state index in [1.807, 2.05) is 4.90 Å². The highest BCUT2D eigenvalue weighted by molar-refractivity contribution is 5.94. The molecule has 1 amide bonds. The molecule has 172 valence electrons. The average molecular weight is 443 g/mol. The second kappa shape index (κ2) is 9.05. The number of aromatic nitrogens is 2. The van der Waals surface area contributed by atoms with E-state index in [2.05, 4.69) is 78.8 Å². The molecule has 0 saturated carbocycles. The molecule has 3 heterocycles. The summed E-state index contributed by atoms with van der Waals surface area (Å²) in [6.45, 7) is 9.68. The lowest BCUT2D eigenvalue weighted by Gasteiger charge is -2.41. The average Bonchev–Trinajstić information content (AvgIpc) is 2.99. The van der Waals surface area contributed by atoms with Crippen molar-refractivity contribution in [3.63, 3.8) is 0 Å². The zero-order chi connectivity index (χ0) is 22.9. The molecule has 5 heteroatoms. The van der Waals surface area contributed by atoms with Crippen molar-refractivity contribution in [3.8, 4) is 11.4 Å². The lowest BCUT2D eigenvalue weighted by Crippen LogP contribution is -2.54. The van der Waals surface area contributed by atoms with Crippen LogP contribution >= 0.6 is 0 Å². The Morgan fingerprint density at radius 1 is 0.939 bits per heavy atom. The number of rotatable bonds is 3. The number of hydrogen-bond donors (Lipinski definition) is 0. The first-order valence-corrected chi connectivity index (χ1v) is 12.3. The van der Waals surface area contributed by atoms with Crippen LogP contribution in [0.25, 0.3) is 11.4 Å². The van der Waals surface area contributed by atoms with Crippen molar-refractivity contribution in [2.75, 3.05) is 24.5 Å². The Balaban J connectivity index is 1.42. The van der Waals surface area contributed by atoms with Crippen LogP contribution in [0.5, 0.6) is 0 Å². The van der Waals surface area contributed by atoms with Crippen molar-refractivity contribution >= 4 is 11.6 Å². The molecule has 0 N–H and O–H groups in total. The number of carbonyl (C=O) groups is 1. The van der Waals surface area contributed by atoms with Gasteiger partial charge in [-0.3, -0.25) is 4.79 Å². The summed E-state index contributed by atoms with van der Waals surface area (Å²) in [7, 11) is 0. The summed E-state index contributed by atoms with van der Waals surface area (Å²) >= 11 is 0. The van der Waals surface area contributed by atoms with Gasteiger partial charge in [0.25, 0.3) is 5.91 Å². The topological polar surface area (TPSA) is 41.4 Å². The van der Waals surface area contributed by atoms with Gasteiger partial charge in [0.05, 0.1) is 5.69 Å². The van der Waals surface area contributed by atoms with Crippen LogP contribution in [0, 0.1) is 13.8 Å². The maximum Gasteiger partial charge on any atom is 0.274 e. The number of hydrogen-bond acceptors (Lipinski definition) is 3. The Kier molecular flexibility index (Phi) is 5.96. The van der Waals surface area contributed by atoms with Crippen molar-refractivity contribution in [3.05, 3.63) is 71.0 Å². The fourth-order valence-corrected chi connectivity index (χ4v) is 5.30. The van der Waals surface area contributed by atoms with E-state index in [1.165, 1.54) is 23.2 Å². The molecule has 2 aliphatic heterocycles. The summed E-state index contributed by atoms with van der Waals surface area (Å²) in [4.78, 5) is 23.2. The van der Waals surface area contributed by atoms with Gasteiger partial charge in [-0.25, -0.2) is 4.98 Å². The van der Waals surface area contributed by atoms with E-state index in [-0.39, 0.29) is 11.9 Å². The first-order chi connectivity index (χ1) is 16.0. The minimum Gasteiger partial charge on any atom is -0.365 e. The quantitative estimate of drug-likeness (QED) is 0.557. The van der Waals surface area contributed by atoms with Gasteiger partial charge in [0, 0.05) is 43.5 Å². The molecule has 5 rings (SSSR count). The van der Waals surface area contributed by atoms with Crippen LogP contribution in [0.1, 0.15) is 53.5 Å². The van der Waals surface area contributed by atoms with Gasteiger partial charge in [-0.15, -0.1) is 0 Å². The van der Waals surface area contributed by atoms with Crippen molar-refractivity contribution in [2.45, 2.75) is 59.0 Å². The predicted molar refractivity (Wildman–Crippen MR) is 134 cm³/mol. The first kappa shape index (κ1) is 21.7. The number of benzene rings is 2. The van der Waals surface area contributed by atoms with Gasteiger partial charge < -0.3 is 14.4 Å². The van der Waals surface area contributed by atoms with Crippen molar-refractivity contribution in [2.24, 2.45) is 0 Å². The van der Waals surface area contributed by atoms with E-state index >= 15 is 0 Å². The molecular weight excluding hydrogens is 408 g/mol. The third-order valence-electron chi connectivity index (χ3n) is 7.13. The summed E-state index contributed by atoms with van der Waals surface area (Å²) in [5.41, 5.74) is 6.64. The minimum absolute atomic E-state index is 0.0924. The molecule has 2 aliphatic rings. The van der Waals surface area contributed by atoms with Crippen LogP contribution in [0.15, 0.2) is 48.5 Å². The highest BCUT2D eigenvalue weighted by Crippen LogP contribution is 2.29. The number of imidazole rings is 1. The third kappa shape index (κ3) is 4.29. The maximum absolute atomic E-state index is 13.8. The highest BCUT2D eigenvalue weighted by atomic mass is 16.2. The molecule has 33 heavy (non-hydrogen) atoms. The van der Waals surface area contributed by atoms with Crippen LogP contribution < -0.4 is 4.90 Å². The second-order valence-corrected chi connectivity index (χ2v) is 9.69. The SMILES string of the molecule is Cc1ccc(-c2nc(C(=O)N3CCN(c4cccc(C)c4)C(C)C3)c3n2CCCCC3)cc1. The van der Waals surface area contributed by atoms with E-state index in [0.717, 1.165) is 62.5 Å². The molecule has 1 aromatic heterocycles. The fraction of sp³-hybridized carbons (Fsp3) is 0.429. The van der Waals surface area contributed by atoms with Crippen molar-refractivity contribution in [1.29, 1.82) is 0 Å². The number of fused-ring (bicyclic) bond motifs is 1. The number of carbonyl (C=O) groups excluding carboxylic acids is 1. The second-order valence-electron chi connectivity index (χ2n) is 9.69. The highest BCUT2D eigenvalue weighted by Gasteiger charge is 2.32. The number of aryl methyl sites for hydroxylation is 2. The molecule has 1 atom stereocenters. The van der Waals surface area contributed by atoms with Gasteiger partial charge in [-0.2, -0.15) is 0 Å². The van der Waals surface area contributed by atoms with Gasteiger partial charge in [-0.05, 0) is 57.7 Å². The number of amides is 1. The summed E-state index contributed by atoms with van der Waals surface area (Å²) in [6.07, 6.45) is 4.40. The smallest absolute Gasteiger partial charge is 0.274 e. The molecule has 0 bridgehead atoms. The van der Waals surface area contributed by atoms with E-state index < -0.39 is 0 Å². The normalized spacial score (nSPS) is 18.7. The monoisotopic (exact) mass is 442 g/mol. The van der Waals surface area contributed by atoms with Crippen LogP contribution in [-0.2, 0) is 13.0 Å². The molecule has 1 saturated heterocycles. The van der Waals surface area contributed by atoms with Crippen LogP contribution in [0.2, 0.25) is 0 Å². The minimum atomic E-state index is 0.0924. The molecule has 1 unspecified atom stereocenters. The van der Waals surface area contributed by atoms with Crippen molar-refractivity contribution in [1.82, 2.24) is 14.5 Å². The summed E-state index contributed by atoms with van der Waals surface area (Å²) in [5.74, 6) is 1.04. The molecule has 0 spiro atoms. The van der Waals surface area contributed by atoms with E-state index in [9.17, 15) is 4.79 Å². The van der Waals surface area contributed by atoms with Gasteiger partial charge >= 0.3 is 0 Å². The summed E-state index contributed by atoms with van der Waals surface area (Å²) in [5, 5.41) is 0. The number of piperazine rings is 1. The molecule has 0 radical (unpaired) electrons. The first-order valence-electron chi connectivity index (χ1n) is 12.3. The summed E-state index contributed by atoms with van der Waals surface area (Å²) < 4.78 is 2.32. The molecular formula is C28H34N4O. The lowest BCUT2D eigenvalue weighted by molar-refractivity contribution is 0.0719. The molecule has 1 fully saturated rings. The zero-order valence-electron chi connectivity index (χ0n) is 20.1. The predicted octanol–water partition coefficient (Wildman–Crippen LogP) is 5.24. The van der Waals surface area contributed by atoms with Crippen LogP contribution in [0.4, 0.5) is 5.69 Å². The van der Waals surface area contributed by atoms with Crippen molar-refractivity contribution < 1.29 is 4.79 Å². The standard InChI is InChI=1S/C28H34N4O/c1-20-11-13-23(14-12-20)27-29-26(25-10-5-4-6-15-32(25)27)28(33)30-16-17-31(22(3)19-30)24-9-7-8-21(2)18-24/h7-9,11-14,18,22H,4-6,10,15-17,19H2,1-3H3. The third-order valence-corrected chi connectivity index (χ3v) is 7.13. The largest absolute Gasteiger partial charge is 0.365 e. The van der Waals surface area contributed by atoms with E-state index in [1.54, 1.807) is 0 Å². The molecule has 5 nitrogen and oxygen atoms in total. The van der Waals surface area contributed by atoms with Crippen LogP contribution in [0.3, 0.4) is 0 Å². The van der Waals surface area contributed by atoms with Gasteiger partial charge in [0.15, 0.2) is 0 Å².